The predicted molar refractivity (Wildman–Crippen MR) is 83.4 cm³/mol. The fourth-order valence-corrected chi connectivity index (χ4v) is 2.75. The SMILES string of the molecule is BrCC1(c2ccccc2)N=CC(c2ccccc2)=N1. The molecule has 0 aromatic heterocycles. The Morgan fingerprint density at radius 2 is 1.53 bits per heavy atom. The van der Waals surface area contributed by atoms with E-state index in [1.807, 2.05) is 42.6 Å². The Hall–Kier alpha value is -1.74. The smallest absolute Gasteiger partial charge is 0.186 e. The average molecular weight is 313 g/mol. The number of hydrogen-bond acceptors (Lipinski definition) is 2. The second kappa shape index (κ2) is 5.10. The van der Waals surface area contributed by atoms with Gasteiger partial charge >= 0.3 is 0 Å². The predicted octanol–water partition coefficient (Wildman–Crippen LogP) is 3.81. The Bertz CT molecular complexity index is 620. The monoisotopic (exact) mass is 312 g/mol. The molecule has 1 atom stereocenters. The van der Waals surface area contributed by atoms with Gasteiger partial charge in [0.1, 0.15) is 0 Å². The zero-order valence-corrected chi connectivity index (χ0v) is 11.9. The second-order valence-corrected chi connectivity index (χ2v) is 5.00. The molecule has 1 heterocycles. The lowest BCUT2D eigenvalue weighted by molar-refractivity contribution is 0.557. The van der Waals surface area contributed by atoms with E-state index in [9.17, 15) is 0 Å². The van der Waals surface area contributed by atoms with Gasteiger partial charge < -0.3 is 0 Å². The maximum absolute atomic E-state index is 4.83. The summed E-state index contributed by atoms with van der Waals surface area (Å²) in [7, 11) is 0. The molecule has 0 saturated carbocycles. The first-order valence-corrected chi connectivity index (χ1v) is 7.28. The van der Waals surface area contributed by atoms with E-state index >= 15 is 0 Å². The molecule has 19 heavy (non-hydrogen) atoms. The van der Waals surface area contributed by atoms with Gasteiger partial charge in [0.2, 0.25) is 0 Å². The van der Waals surface area contributed by atoms with Crippen molar-refractivity contribution in [3.05, 3.63) is 71.8 Å². The van der Waals surface area contributed by atoms with Crippen LogP contribution in [0.1, 0.15) is 11.1 Å². The molecular weight excluding hydrogens is 300 g/mol. The van der Waals surface area contributed by atoms with E-state index in [0.717, 1.165) is 16.8 Å². The van der Waals surface area contributed by atoms with Crippen molar-refractivity contribution in [1.82, 2.24) is 0 Å². The summed E-state index contributed by atoms with van der Waals surface area (Å²) in [6.45, 7) is 0. The van der Waals surface area contributed by atoms with E-state index in [4.69, 9.17) is 4.99 Å². The maximum Gasteiger partial charge on any atom is 0.186 e. The minimum atomic E-state index is -0.521. The lowest BCUT2D eigenvalue weighted by Crippen LogP contribution is -2.21. The number of rotatable bonds is 3. The number of nitrogens with zero attached hydrogens (tertiary/aromatic N) is 2. The topological polar surface area (TPSA) is 24.7 Å². The maximum atomic E-state index is 4.83. The van der Waals surface area contributed by atoms with Crippen LogP contribution >= 0.6 is 15.9 Å². The summed E-state index contributed by atoms with van der Waals surface area (Å²) in [6, 6.07) is 20.3. The van der Waals surface area contributed by atoms with Crippen LogP contribution in [0.25, 0.3) is 0 Å². The molecule has 0 radical (unpaired) electrons. The lowest BCUT2D eigenvalue weighted by Gasteiger charge is -2.20. The number of benzene rings is 2. The first kappa shape index (κ1) is 12.3. The van der Waals surface area contributed by atoms with Gasteiger partial charge in [0.15, 0.2) is 5.66 Å². The first-order valence-electron chi connectivity index (χ1n) is 6.16. The fraction of sp³-hybridized carbons (Fsp3) is 0.125. The molecule has 3 rings (SSSR count). The summed E-state index contributed by atoms with van der Waals surface area (Å²) in [5.41, 5.74) is 2.62. The number of alkyl halides is 1. The van der Waals surface area contributed by atoms with Crippen molar-refractivity contribution in [2.75, 3.05) is 5.33 Å². The molecule has 0 bridgehead atoms. The van der Waals surface area contributed by atoms with E-state index in [1.165, 1.54) is 0 Å². The minimum Gasteiger partial charge on any atom is -0.256 e. The number of aliphatic imine (C=N–C) groups is 2. The van der Waals surface area contributed by atoms with Gasteiger partial charge in [0.25, 0.3) is 0 Å². The van der Waals surface area contributed by atoms with Crippen molar-refractivity contribution in [2.24, 2.45) is 9.98 Å². The van der Waals surface area contributed by atoms with Gasteiger partial charge in [0.05, 0.1) is 17.3 Å². The van der Waals surface area contributed by atoms with Crippen LogP contribution in [-0.4, -0.2) is 17.3 Å². The molecular formula is C16H13BrN2. The molecule has 2 aromatic carbocycles. The van der Waals surface area contributed by atoms with E-state index in [1.54, 1.807) is 0 Å². The zero-order chi connectivity index (χ0) is 13.1. The summed E-state index contributed by atoms with van der Waals surface area (Å²) in [6.07, 6.45) is 1.86. The van der Waals surface area contributed by atoms with Crippen LogP contribution in [0, 0.1) is 0 Å². The summed E-state index contributed by atoms with van der Waals surface area (Å²) in [5.74, 6) is 0. The largest absolute Gasteiger partial charge is 0.256 e. The molecule has 2 nitrogen and oxygen atoms in total. The molecule has 94 valence electrons. The first-order chi connectivity index (χ1) is 9.34. The second-order valence-electron chi connectivity index (χ2n) is 4.44. The van der Waals surface area contributed by atoms with Crippen LogP contribution in [0.4, 0.5) is 0 Å². The van der Waals surface area contributed by atoms with E-state index < -0.39 is 5.66 Å². The molecule has 0 amide bonds. The summed E-state index contributed by atoms with van der Waals surface area (Å²) in [4.78, 5) is 9.46. The number of hydrogen-bond donors (Lipinski definition) is 0. The van der Waals surface area contributed by atoms with Crippen molar-refractivity contribution in [1.29, 1.82) is 0 Å². The lowest BCUT2D eigenvalue weighted by atomic mass is 10.0. The molecule has 2 aromatic rings. The molecule has 0 N–H and O–H groups in total. The van der Waals surface area contributed by atoms with E-state index in [0.29, 0.717) is 5.33 Å². The Balaban J connectivity index is 2.03. The van der Waals surface area contributed by atoms with Crippen molar-refractivity contribution < 1.29 is 0 Å². The van der Waals surface area contributed by atoms with Gasteiger partial charge in [-0.1, -0.05) is 76.6 Å². The normalized spacial score (nSPS) is 21.4. The molecule has 0 saturated heterocycles. The summed E-state index contributed by atoms with van der Waals surface area (Å²) in [5, 5.41) is 0.677. The molecule has 1 aliphatic heterocycles. The Labute approximate surface area is 121 Å². The summed E-state index contributed by atoms with van der Waals surface area (Å²) >= 11 is 3.55. The number of halogens is 1. The van der Waals surface area contributed by atoms with Gasteiger partial charge in [-0.2, -0.15) is 0 Å². The molecule has 0 fully saturated rings. The highest BCUT2D eigenvalue weighted by molar-refractivity contribution is 9.09. The zero-order valence-electron chi connectivity index (χ0n) is 10.3. The third-order valence-electron chi connectivity index (χ3n) is 3.20. The van der Waals surface area contributed by atoms with Crippen LogP contribution in [-0.2, 0) is 5.66 Å². The van der Waals surface area contributed by atoms with Crippen LogP contribution in [0.2, 0.25) is 0 Å². The molecule has 0 aliphatic carbocycles. The van der Waals surface area contributed by atoms with Gasteiger partial charge in [-0.3, -0.25) is 4.99 Å². The van der Waals surface area contributed by atoms with Crippen LogP contribution < -0.4 is 0 Å². The van der Waals surface area contributed by atoms with Crippen molar-refractivity contribution in [3.8, 4) is 0 Å². The minimum absolute atomic E-state index is 0.521. The van der Waals surface area contributed by atoms with Crippen LogP contribution in [0.5, 0.6) is 0 Å². The molecule has 3 heteroatoms. The molecule has 1 unspecified atom stereocenters. The third kappa shape index (κ3) is 2.26. The van der Waals surface area contributed by atoms with Gasteiger partial charge in [-0.25, -0.2) is 4.99 Å². The van der Waals surface area contributed by atoms with Crippen LogP contribution in [0.15, 0.2) is 70.6 Å². The van der Waals surface area contributed by atoms with Crippen molar-refractivity contribution >= 4 is 27.9 Å². The Kier molecular flexibility index (Phi) is 3.30. The van der Waals surface area contributed by atoms with Gasteiger partial charge in [0, 0.05) is 11.1 Å². The van der Waals surface area contributed by atoms with Crippen molar-refractivity contribution in [3.63, 3.8) is 0 Å². The van der Waals surface area contributed by atoms with Gasteiger partial charge in [-0.05, 0) is 0 Å². The quantitative estimate of drug-likeness (QED) is 0.770. The fourth-order valence-electron chi connectivity index (χ4n) is 2.16. The highest BCUT2D eigenvalue weighted by Crippen LogP contribution is 2.33. The van der Waals surface area contributed by atoms with E-state index in [2.05, 4.69) is 45.2 Å². The summed E-state index contributed by atoms with van der Waals surface area (Å²) < 4.78 is 0. The highest BCUT2D eigenvalue weighted by atomic mass is 79.9. The highest BCUT2D eigenvalue weighted by Gasteiger charge is 2.33. The third-order valence-corrected chi connectivity index (χ3v) is 3.98. The van der Waals surface area contributed by atoms with Crippen molar-refractivity contribution in [2.45, 2.75) is 5.66 Å². The standard InChI is InChI=1S/C16H13BrN2/c17-12-16(14-9-5-2-6-10-14)18-11-15(19-16)13-7-3-1-4-8-13/h1-11H,12H2. The molecule has 0 spiro atoms. The van der Waals surface area contributed by atoms with Crippen LogP contribution in [0.3, 0.4) is 0 Å². The van der Waals surface area contributed by atoms with E-state index in [-0.39, 0.29) is 0 Å². The van der Waals surface area contributed by atoms with Gasteiger partial charge in [-0.15, -0.1) is 0 Å². The Morgan fingerprint density at radius 3 is 2.16 bits per heavy atom. The molecule has 1 aliphatic rings. The average Bonchev–Trinajstić information content (AvgIpc) is 2.95. The Morgan fingerprint density at radius 1 is 0.895 bits per heavy atom.